The monoisotopic (exact) mass is 458 g/mol. The highest BCUT2D eigenvalue weighted by atomic mass is 16.5. The summed E-state index contributed by atoms with van der Waals surface area (Å²) >= 11 is 0. The Balaban J connectivity index is 1.35. The van der Waals surface area contributed by atoms with Gasteiger partial charge in [-0.3, -0.25) is 9.78 Å². The van der Waals surface area contributed by atoms with Crippen molar-refractivity contribution in [1.29, 1.82) is 0 Å². The van der Waals surface area contributed by atoms with Crippen LogP contribution in [0.1, 0.15) is 35.3 Å². The summed E-state index contributed by atoms with van der Waals surface area (Å²) in [7, 11) is 0. The predicted molar refractivity (Wildman–Crippen MR) is 133 cm³/mol. The molecule has 2 aliphatic rings. The number of morpholine rings is 1. The molecule has 5 rings (SSSR count). The number of nitrogens with zero attached hydrogens (tertiary/aromatic N) is 5. The van der Waals surface area contributed by atoms with Gasteiger partial charge in [0.1, 0.15) is 5.69 Å². The molecule has 2 saturated heterocycles. The largest absolute Gasteiger partial charge is 0.382 e. The van der Waals surface area contributed by atoms with Crippen molar-refractivity contribution in [2.75, 3.05) is 54.9 Å². The van der Waals surface area contributed by atoms with Crippen molar-refractivity contribution in [2.45, 2.75) is 25.7 Å². The molecular weight excluding hydrogens is 428 g/mol. The summed E-state index contributed by atoms with van der Waals surface area (Å²) in [6.07, 6.45) is 9.07. The summed E-state index contributed by atoms with van der Waals surface area (Å²) in [6, 6.07) is 10.3. The van der Waals surface area contributed by atoms with Crippen molar-refractivity contribution < 1.29 is 9.53 Å². The van der Waals surface area contributed by atoms with Crippen molar-refractivity contribution in [2.24, 2.45) is 0 Å². The van der Waals surface area contributed by atoms with E-state index >= 15 is 0 Å². The number of ketones is 1. The van der Waals surface area contributed by atoms with E-state index in [2.05, 4.69) is 36.9 Å². The lowest BCUT2D eigenvalue weighted by atomic mass is 10.0. The number of nitrogens with two attached hydrogens (primary N) is 1. The minimum absolute atomic E-state index is 0.149. The van der Waals surface area contributed by atoms with Gasteiger partial charge in [-0.1, -0.05) is 12.1 Å². The van der Waals surface area contributed by atoms with Crippen LogP contribution in [0.3, 0.4) is 0 Å². The zero-order valence-electron chi connectivity index (χ0n) is 19.3. The molecule has 8 heteroatoms. The van der Waals surface area contributed by atoms with E-state index in [9.17, 15) is 4.79 Å². The Morgan fingerprint density at radius 1 is 0.941 bits per heavy atom. The Morgan fingerprint density at radius 2 is 1.71 bits per heavy atom. The minimum Gasteiger partial charge on any atom is -0.382 e. The lowest BCUT2D eigenvalue weighted by Crippen LogP contribution is -2.37. The molecule has 0 unspecified atom stereocenters. The molecule has 1 aromatic carbocycles. The second kappa shape index (κ2) is 10.2. The van der Waals surface area contributed by atoms with Crippen molar-refractivity contribution in [3.63, 3.8) is 0 Å². The normalized spacial score (nSPS) is 16.5. The van der Waals surface area contributed by atoms with Crippen LogP contribution in [0.15, 0.2) is 48.9 Å². The smallest absolute Gasteiger partial charge is 0.189 e. The standard InChI is InChI=1S/C26H30N6O2/c27-26-25(24(33)16-20-17-28-9-8-23(20)32-12-14-34-15-13-32)30-22(18-29-26)19-4-6-21(7-5-19)31-10-2-1-3-11-31/h4-9,17-18H,1-3,10-16H2,(H2,27,29). The highest BCUT2D eigenvalue weighted by Crippen LogP contribution is 2.26. The number of aromatic nitrogens is 3. The van der Waals surface area contributed by atoms with E-state index in [4.69, 9.17) is 10.5 Å². The number of rotatable bonds is 6. The van der Waals surface area contributed by atoms with Crippen molar-refractivity contribution in [1.82, 2.24) is 15.0 Å². The average molecular weight is 459 g/mol. The van der Waals surface area contributed by atoms with Crippen LogP contribution >= 0.6 is 0 Å². The van der Waals surface area contributed by atoms with Crippen LogP contribution in [0.4, 0.5) is 17.2 Å². The quantitative estimate of drug-likeness (QED) is 0.562. The molecular formula is C26H30N6O2. The number of anilines is 3. The first kappa shape index (κ1) is 22.3. The Kier molecular flexibility index (Phi) is 6.67. The van der Waals surface area contributed by atoms with Crippen LogP contribution in [-0.2, 0) is 11.2 Å². The minimum atomic E-state index is -0.167. The first-order chi connectivity index (χ1) is 16.7. The van der Waals surface area contributed by atoms with E-state index in [1.807, 2.05) is 18.2 Å². The van der Waals surface area contributed by atoms with Gasteiger partial charge in [0.15, 0.2) is 11.6 Å². The number of piperidine rings is 1. The second-order valence-corrected chi connectivity index (χ2v) is 8.79. The molecule has 0 atom stereocenters. The fourth-order valence-electron chi connectivity index (χ4n) is 4.66. The number of hydrogen-bond acceptors (Lipinski definition) is 8. The number of carbonyl (C=O) groups excluding carboxylic acids is 1. The number of hydrogen-bond donors (Lipinski definition) is 1. The van der Waals surface area contributed by atoms with Gasteiger partial charge in [0, 0.05) is 67.5 Å². The lowest BCUT2D eigenvalue weighted by molar-refractivity contribution is 0.0988. The molecule has 3 aromatic rings. The molecule has 4 heterocycles. The fraction of sp³-hybridized carbons (Fsp3) is 0.385. The van der Waals surface area contributed by atoms with Crippen LogP contribution in [0.5, 0.6) is 0 Å². The maximum absolute atomic E-state index is 13.3. The maximum Gasteiger partial charge on any atom is 0.189 e. The van der Waals surface area contributed by atoms with E-state index in [-0.39, 0.29) is 23.7 Å². The van der Waals surface area contributed by atoms with Gasteiger partial charge in [-0.2, -0.15) is 0 Å². The number of nitrogen functional groups attached to an aromatic ring is 1. The van der Waals surface area contributed by atoms with Gasteiger partial charge in [0.2, 0.25) is 0 Å². The third-order valence-corrected chi connectivity index (χ3v) is 6.53. The van der Waals surface area contributed by atoms with Crippen LogP contribution in [0.25, 0.3) is 11.3 Å². The number of ether oxygens (including phenoxy) is 1. The van der Waals surface area contributed by atoms with Gasteiger partial charge < -0.3 is 20.3 Å². The Morgan fingerprint density at radius 3 is 2.47 bits per heavy atom. The third-order valence-electron chi connectivity index (χ3n) is 6.53. The van der Waals surface area contributed by atoms with E-state index < -0.39 is 0 Å². The molecule has 0 amide bonds. The molecule has 0 saturated carbocycles. The molecule has 0 spiro atoms. The molecule has 0 radical (unpaired) electrons. The summed E-state index contributed by atoms with van der Waals surface area (Å²) in [4.78, 5) is 31.0. The summed E-state index contributed by atoms with van der Waals surface area (Å²) in [5.41, 5.74) is 10.9. The average Bonchev–Trinajstić information content (AvgIpc) is 2.90. The zero-order chi connectivity index (χ0) is 23.3. The van der Waals surface area contributed by atoms with Crippen LogP contribution in [-0.4, -0.2) is 60.1 Å². The summed E-state index contributed by atoms with van der Waals surface area (Å²) < 4.78 is 5.46. The van der Waals surface area contributed by atoms with Gasteiger partial charge in [0.05, 0.1) is 25.1 Å². The van der Waals surface area contributed by atoms with Gasteiger partial charge in [-0.05, 0) is 37.5 Å². The first-order valence-corrected chi connectivity index (χ1v) is 12.0. The van der Waals surface area contributed by atoms with E-state index in [1.54, 1.807) is 18.6 Å². The number of Topliss-reactive ketones (excluding diaryl/α,β-unsaturated/α-hetero) is 1. The van der Waals surface area contributed by atoms with Crippen molar-refractivity contribution >= 4 is 23.0 Å². The van der Waals surface area contributed by atoms with E-state index in [0.717, 1.165) is 43.0 Å². The second-order valence-electron chi connectivity index (χ2n) is 8.79. The molecule has 176 valence electrons. The molecule has 2 fully saturated rings. The SMILES string of the molecule is Nc1ncc(-c2ccc(N3CCCCC3)cc2)nc1C(=O)Cc1cnccc1N1CCOCC1. The third kappa shape index (κ3) is 4.87. The molecule has 8 nitrogen and oxygen atoms in total. The van der Waals surface area contributed by atoms with Crippen LogP contribution in [0.2, 0.25) is 0 Å². The molecule has 2 N–H and O–H groups in total. The highest BCUT2D eigenvalue weighted by molar-refractivity contribution is 6.00. The Labute approximate surface area is 199 Å². The molecule has 2 aromatic heterocycles. The summed E-state index contributed by atoms with van der Waals surface area (Å²) in [6.45, 7) is 5.12. The van der Waals surface area contributed by atoms with Crippen LogP contribution in [0, 0.1) is 0 Å². The molecule has 2 aliphatic heterocycles. The van der Waals surface area contributed by atoms with E-state index in [1.165, 1.54) is 24.9 Å². The van der Waals surface area contributed by atoms with E-state index in [0.29, 0.717) is 18.9 Å². The molecule has 0 aliphatic carbocycles. The Bertz CT molecular complexity index is 1140. The van der Waals surface area contributed by atoms with Crippen LogP contribution < -0.4 is 15.5 Å². The van der Waals surface area contributed by atoms with Gasteiger partial charge in [0.25, 0.3) is 0 Å². The molecule has 0 bridgehead atoms. The van der Waals surface area contributed by atoms with Crippen molar-refractivity contribution in [3.05, 3.63) is 60.2 Å². The topological polar surface area (TPSA) is 97.5 Å². The number of pyridine rings is 1. The fourth-order valence-corrected chi connectivity index (χ4v) is 4.66. The summed E-state index contributed by atoms with van der Waals surface area (Å²) in [5.74, 6) is -0.0187. The maximum atomic E-state index is 13.3. The predicted octanol–water partition coefficient (Wildman–Crippen LogP) is 3.37. The first-order valence-electron chi connectivity index (χ1n) is 12.0. The Hall–Kier alpha value is -3.52. The zero-order valence-corrected chi connectivity index (χ0v) is 19.3. The number of carbonyl (C=O) groups is 1. The van der Waals surface area contributed by atoms with Gasteiger partial charge >= 0.3 is 0 Å². The lowest BCUT2D eigenvalue weighted by Gasteiger charge is -2.30. The summed E-state index contributed by atoms with van der Waals surface area (Å²) in [5, 5.41) is 0. The van der Waals surface area contributed by atoms with Gasteiger partial charge in [-0.25, -0.2) is 9.97 Å². The molecule has 34 heavy (non-hydrogen) atoms. The highest BCUT2D eigenvalue weighted by Gasteiger charge is 2.20. The van der Waals surface area contributed by atoms with Gasteiger partial charge in [-0.15, -0.1) is 0 Å². The number of benzene rings is 1. The van der Waals surface area contributed by atoms with Crippen molar-refractivity contribution in [3.8, 4) is 11.3 Å².